The van der Waals surface area contributed by atoms with Gasteiger partial charge in [-0.3, -0.25) is 14.5 Å². The van der Waals surface area contributed by atoms with Crippen molar-refractivity contribution in [2.75, 3.05) is 24.2 Å². The van der Waals surface area contributed by atoms with E-state index in [-0.39, 0.29) is 18.8 Å². The van der Waals surface area contributed by atoms with E-state index >= 15 is 0 Å². The first-order valence-electron chi connectivity index (χ1n) is 7.11. The van der Waals surface area contributed by atoms with Gasteiger partial charge in [0.05, 0.1) is 13.2 Å². The summed E-state index contributed by atoms with van der Waals surface area (Å²) < 4.78 is 5.62. The molecule has 0 unspecified atom stereocenters. The van der Waals surface area contributed by atoms with Crippen LogP contribution >= 0.6 is 11.8 Å². The quantitative estimate of drug-likeness (QED) is 0.612. The number of oxazole rings is 1. The van der Waals surface area contributed by atoms with Gasteiger partial charge in [0.25, 0.3) is 17.0 Å². The number of benzene rings is 1. The molecule has 0 fully saturated rings. The van der Waals surface area contributed by atoms with E-state index in [4.69, 9.17) is 9.52 Å². The second-order valence-electron chi connectivity index (χ2n) is 4.80. The van der Waals surface area contributed by atoms with Crippen LogP contribution in [0, 0.1) is 0 Å². The number of aliphatic hydroxyl groups excluding tert-OH is 1. The molecule has 3 rings (SSSR count). The SMILES string of the molecule is CCSc1nc2ccc(NC3=CC(=O)N(CCO)C3=O)cc2o1. The average Bonchev–Trinajstić information content (AvgIpc) is 3.03. The van der Waals surface area contributed by atoms with Gasteiger partial charge < -0.3 is 14.8 Å². The summed E-state index contributed by atoms with van der Waals surface area (Å²) in [6.45, 7) is 1.73. The van der Waals surface area contributed by atoms with Crippen molar-refractivity contribution in [2.45, 2.75) is 12.1 Å². The number of amides is 2. The zero-order valence-electron chi connectivity index (χ0n) is 12.4. The van der Waals surface area contributed by atoms with Crippen molar-refractivity contribution in [1.82, 2.24) is 9.88 Å². The fraction of sp³-hybridized carbons (Fsp3) is 0.267. The lowest BCUT2D eigenvalue weighted by Crippen LogP contribution is -2.34. The van der Waals surface area contributed by atoms with Crippen molar-refractivity contribution < 1.29 is 19.1 Å². The number of nitrogens with zero attached hydrogens (tertiary/aromatic N) is 2. The lowest BCUT2D eigenvalue weighted by Gasteiger charge is -2.13. The van der Waals surface area contributed by atoms with Gasteiger partial charge in [-0.2, -0.15) is 0 Å². The standard InChI is InChI=1S/C15H15N3O4S/c1-2-23-15-17-10-4-3-9(7-12(10)22-15)16-11-8-13(20)18(5-6-19)14(11)21/h3-4,7-8,16,19H,2,5-6H2,1H3. The van der Waals surface area contributed by atoms with Gasteiger partial charge in [0, 0.05) is 17.8 Å². The third-order valence-electron chi connectivity index (χ3n) is 3.25. The fourth-order valence-electron chi connectivity index (χ4n) is 2.23. The molecule has 0 spiro atoms. The highest BCUT2D eigenvalue weighted by molar-refractivity contribution is 7.99. The highest BCUT2D eigenvalue weighted by atomic mass is 32.2. The Balaban J connectivity index is 1.80. The van der Waals surface area contributed by atoms with E-state index in [0.29, 0.717) is 16.5 Å². The van der Waals surface area contributed by atoms with Crippen LogP contribution in [0.15, 0.2) is 39.6 Å². The molecule has 120 valence electrons. The minimum atomic E-state index is -0.455. The molecular weight excluding hydrogens is 318 g/mol. The molecule has 0 saturated carbocycles. The Morgan fingerprint density at radius 3 is 2.96 bits per heavy atom. The van der Waals surface area contributed by atoms with Crippen LogP contribution in [0.25, 0.3) is 11.1 Å². The molecule has 23 heavy (non-hydrogen) atoms. The van der Waals surface area contributed by atoms with E-state index in [2.05, 4.69) is 10.3 Å². The third kappa shape index (κ3) is 3.08. The number of rotatable bonds is 6. The Hall–Kier alpha value is -2.32. The van der Waals surface area contributed by atoms with Crippen molar-refractivity contribution in [3.05, 3.63) is 30.0 Å². The number of nitrogens with one attached hydrogen (secondary N) is 1. The lowest BCUT2D eigenvalue weighted by atomic mass is 10.2. The third-order valence-corrected chi connectivity index (χ3v) is 3.96. The topological polar surface area (TPSA) is 95.7 Å². The lowest BCUT2D eigenvalue weighted by molar-refractivity contribution is -0.137. The van der Waals surface area contributed by atoms with Gasteiger partial charge >= 0.3 is 0 Å². The zero-order chi connectivity index (χ0) is 16.4. The first kappa shape index (κ1) is 15.6. The second-order valence-corrected chi connectivity index (χ2v) is 6.01. The monoisotopic (exact) mass is 333 g/mol. The number of aliphatic hydroxyl groups is 1. The van der Waals surface area contributed by atoms with Crippen LogP contribution in [0.1, 0.15) is 6.92 Å². The molecule has 2 N–H and O–H groups in total. The predicted octanol–water partition coefficient (Wildman–Crippen LogP) is 1.60. The van der Waals surface area contributed by atoms with Crippen LogP contribution in [0.3, 0.4) is 0 Å². The Bertz CT molecular complexity index is 799. The summed E-state index contributed by atoms with van der Waals surface area (Å²) in [5.41, 5.74) is 2.14. The van der Waals surface area contributed by atoms with Gasteiger partial charge in [0.2, 0.25) is 0 Å². The number of thioether (sulfide) groups is 1. The van der Waals surface area contributed by atoms with Gasteiger partial charge in [0.1, 0.15) is 11.2 Å². The van der Waals surface area contributed by atoms with Crippen molar-refractivity contribution in [2.24, 2.45) is 0 Å². The van der Waals surface area contributed by atoms with Crippen molar-refractivity contribution >= 4 is 40.4 Å². The van der Waals surface area contributed by atoms with Crippen LogP contribution in [0.5, 0.6) is 0 Å². The molecule has 0 atom stereocenters. The van der Waals surface area contributed by atoms with Crippen LogP contribution in [0.4, 0.5) is 5.69 Å². The second kappa shape index (κ2) is 6.43. The number of carbonyl (C=O) groups is 2. The highest BCUT2D eigenvalue weighted by Crippen LogP contribution is 2.26. The first-order valence-corrected chi connectivity index (χ1v) is 8.09. The van der Waals surface area contributed by atoms with Crippen molar-refractivity contribution in [3.63, 3.8) is 0 Å². The number of anilines is 1. The smallest absolute Gasteiger partial charge is 0.277 e. The molecule has 1 aliphatic heterocycles. The summed E-state index contributed by atoms with van der Waals surface area (Å²) in [7, 11) is 0. The highest BCUT2D eigenvalue weighted by Gasteiger charge is 2.30. The number of hydrogen-bond acceptors (Lipinski definition) is 7. The molecular formula is C15H15N3O4S. The van der Waals surface area contributed by atoms with Crippen molar-refractivity contribution in [3.8, 4) is 0 Å². The molecule has 1 aromatic heterocycles. The number of imide groups is 1. The minimum absolute atomic E-state index is 0.0158. The van der Waals surface area contributed by atoms with Gasteiger partial charge in [-0.05, 0) is 17.9 Å². The summed E-state index contributed by atoms with van der Waals surface area (Å²) in [6.07, 6.45) is 1.22. The van der Waals surface area contributed by atoms with E-state index in [1.165, 1.54) is 17.8 Å². The molecule has 0 bridgehead atoms. The predicted molar refractivity (Wildman–Crippen MR) is 85.9 cm³/mol. The van der Waals surface area contributed by atoms with E-state index in [0.717, 1.165) is 16.2 Å². The summed E-state index contributed by atoms with van der Waals surface area (Å²) >= 11 is 1.51. The number of carbonyl (C=O) groups excluding carboxylic acids is 2. The Morgan fingerprint density at radius 2 is 2.22 bits per heavy atom. The maximum atomic E-state index is 12.1. The number of hydrogen-bond donors (Lipinski definition) is 2. The van der Waals surface area contributed by atoms with Gasteiger partial charge in [-0.1, -0.05) is 18.7 Å². The van der Waals surface area contributed by atoms with Gasteiger partial charge in [-0.25, -0.2) is 4.98 Å². The summed E-state index contributed by atoms with van der Waals surface area (Å²) in [5.74, 6) is -0.0276. The average molecular weight is 333 g/mol. The van der Waals surface area contributed by atoms with Crippen LogP contribution in [0.2, 0.25) is 0 Å². The molecule has 1 aliphatic rings. The molecule has 1 aromatic carbocycles. The summed E-state index contributed by atoms with van der Waals surface area (Å²) in [5, 5.41) is 12.4. The van der Waals surface area contributed by atoms with E-state index in [1.54, 1.807) is 18.2 Å². The van der Waals surface area contributed by atoms with Gasteiger partial charge in [-0.15, -0.1) is 0 Å². The Labute approximate surface area is 136 Å². The number of aromatic nitrogens is 1. The largest absolute Gasteiger partial charge is 0.431 e. The molecule has 0 aliphatic carbocycles. The maximum absolute atomic E-state index is 12.1. The summed E-state index contributed by atoms with van der Waals surface area (Å²) in [6, 6.07) is 5.28. The molecule has 2 aromatic rings. The van der Waals surface area contributed by atoms with Crippen LogP contribution in [-0.4, -0.2) is 45.7 Å². The van der Waals surface area contributed by atoms with Crippen LogP contribution in [-0.2, 0) is 9.59 Å². The van der Waals surface area contributed by atoms with Crippen LogP contribution < -0.4 is 5.32 Å². The first-order chi connectivity index (χ1) is 11.1. The normalized spacial score (nSPS) is 14.7. The molecule has 8 heteroatoms. The van der Waals surface area contributed by atoms with E-state index in [9.17, 15) is 9.59 Å². The Kier molecular flexibility index (Phi) is 4.35. The molecule has 2 heterocycles. The Morgan fingerprint density at radius 1 is 1.39 bits per heavy atom. The minimum Gasteiger partial charge on any atom is -0.431 e. The molecule has 7 nitrogen and oxygen atoms in total. The molecule has 0 radical (unpaired) electrons. The van der Waals surface area contributed by atoms with E-state index < -0.39 is 11.8 Å². The van der Waals surface area contributed by atoms with Crippen molar-refractivity contribution in [1.29, 1.82) is 0 Å². The van der Waals surface area contributed by atoms with Gasteiger partial charge in [0.15, 0.2) is 5.58 Å². The number of β-amino-alcohol motifs (C(OH)–C–C–N with tert-alkyl or cyclic N) is 1. The maximum Gasteiger partial charge on any atom is 0.277 e. The summed E-state index contributed by atoms with van der Waals surface area (Å²) in [4.78, 5) is 29.1. The van der Waals surface area contributed by atoms with E-state index in [1.807, 2.05) is 6.92 Å². The fourth-order valence-corrected chi connectivity index (χ4v) is 2.79. The molecule has 2 amide bonds. The number of fused-ring (bicyclic) bond motifs is 1. The zero-order valence-corrected chi connectivity index (χ0v) is 13.2. The molecule has 0 saturated heterocycles.